The van der Waals surface area contributed by atoms with E-state index in [-0.39, 0.29) is 11.7 Å². The van der Waals surface area contributed by atoms with Crippen molar-refractivity contribution in [2.24, 2.45) is 17.6 Å². The van der Waals surface area contributed by atoms with Crippen molar-refractivity contribution in [3.8, 4) is 5.75 Å². The zero-order chi connectivity index (χ0) is 12.8. The van der Waals surface area contributed by atoms with Crippen molar-refractivity contribution < 1.29 is 9.53 Å². The van der Waals surface area contributed by atoms with E-state index < -0.39 is 0 Å². The molecule has 1 rings (SSSR count). The molecular formula is C13H20N2O2. The lowest BCUT2D eigenvalue weighted by molar-refractivity contribution is 0.0900. The van der Waals surface area contributed by atoms with E-state index in [1.807, 2.05) is 0 Å². The van der Waals surface area contributed by atoms with Crippen LogP contribution in [-0.2, 0) is 0 Å². The normalized spacial score (nSPS) is 12.5. The maximum atomic E-state index is 12.3. The Balaban J connectivity index is 2.93. The maximum Gasteiger partial charge on any atom is 0.189 e. The van der Waals surface area contributed by atoms with Gasteiger partial charge in [-0.3, -0.25) is 4.79 Å². The van der Waals surface area contributed by atoms with Gasteiger partial charge < -0.3 is 10.5 Å². The maximum absolute atomic E-state index is 12.3. The van der Waals surface area contributed by atoms with Gasteiger partial charge in [-0.15, -0.1) is 0 Å². The Morgan fingerprint density at radius 1 is 1.53 bits per heavy atom. The molecule has 1 unspecified atom stereocenters. The van der Waals surface area contributed by atoms with E-state index in [2.05, 4.69) is 18.8 Å². The number of hydrogen-bond donors (Lipinski definition) is 1. The van der Waals surface area contributed by atoms with Crippen LogP contribution in [0, 0.1) is 11.8 Å². The van der Waals surface area contributed by atoms with Crippen molar-refractivity contribution in [3.63, 3.8) is 0 Å². The Morgan fingerprint density at radius 2 is 2.24 bits per heavy atom. The van der Waals surface area contributed by atoms with Gasteiger partial charge in [-0.25, -0.2) is 4.98 Å². The first-order valence-electron chi connectivity index (χ1n) is 5.83. The number of carbonyl (C=O) groups excluding carboxylic acids is 1. The van der Waals surface area contributed by atoms with Gasteiger partial charge in [-0.1, -0.05) is 13.8 Å². The zero-order valence-corrected chi connectivity index (χ0v) is 10.6. The molecule has 1 atom stereocenters. The third-order valence-corrected chi connectivity index (χ3v) is 2.64. The van der Waals surface area contributed by atoms with Crippen LogP contribution in [0.2, 0.25) is 0 Å². The number of ketones is 1. The van der Waals surface area contributed by atoms with Crippen LogP contribution < -0.4 is 10.5 Å². The fourth-order valence-corrected chi connectivity index (χ4v) is 1.81. The van der Waals surface area contributed by atoms with Gasteiger partial charge in [0.05, 0.1) is 7.11 Å². The van der Waals surface area contributed by atoms with E-state index in [1.165, 1.54) is 7.11 Å². The second-order valence-corrected chi connectivity index (χ2v) is 4.48. The highest BCUT2D eigenvalue weighted by atomic mass is 16.5. The minimum Gasteiger partial charge on any atom is -0.494 e. The van der Waals surface area contributed by atoms with Crippen LogP contribution >= 0.6 is 0 Å². The van der Waals surface area contributed by atoms with E-state index in [0.717, 1.165) is 6.42 Å². The van der Waals surface area contributed by atoms with Gasteiger partial charge in [0.15, 0.2) is 5.78 Å². The smallest absolute Gasteiger partial charge is 0.189 e. The minimum absolute atomic E-state index is 0.0290. The van der Waals surface area contributed by atoms with E-state index in [4.69, 9.17) is 10.5 Å². The number of Topliss-reactive ketones (excluding diaryl/α,β-unsaturated/α-hetero) is 1. The van der Waals surface area contributed by atoms with Crippen molar-refractivity contribution in [2.75, 3.05) is 13.7 Å². The summed E-state index contributed by atoms with van der Waals surface area (Å²) in [6.07, 6.45) is 2.37. The number of methoxy groups -OCH3 is 1. The Bertz CT molecular complexity index is 377. The number of pyridine rings is 1. The quantitative estimate of drug-likeness (QED) is 0.766. The summed E-state index contributed by atoms with van der Waals surface area (Å²) in [6, 6.07) is 3.48. The van der Waals surface area contributed by atoms with E-state index >= 15 is 0 Å². The monoisotopic (exact) mass is 236 g/mol. The number of nitrogens with zero attached hydrogens (tertiary/aromatic N) is 1. The number of ether oxygens (including phenoxy) is 1. The number of aromatic nitrogens is 1. The summed E-state index contributed by atoms with van der Waals surface area (Å²) in [4.78, 5) is 16.4. The lowest BCUT2D eigenvalue weighted by Crippen LogP contribution is -2.26. The molecule has 0 spiro atoms. The molecule has 0 fully saturated rings. The molecule has 0 aliphatic rings. The fourth-order valence-electron chi connectivity index (χ4n) is 1.81. The zero-order valence-electron chi connectivity index (χ0n) is 10.6. The van der Waals surface area contributed by atoms with Crippen molar-refractivity contribution in [3.05, 3.63) is 24.0 Å². The number of rotatable bonds is 6. The van der Waals surface area contributed by atoms with Crippen LogP contribution in [0.25, 0.3) is 0 Å². The average molecular weight is 236 g/mol. The topological polar surface area (TPSA) is 65.2 Å². The lowest BCUT2D eigenvalue weighted by Gasteiger charge is -2.16. The van der Waals surface area contributed by atoms with E-state index in [1.54, 1.807) is 18.3 Å². The molecule has 2 N–H and O–H groups in total. The molecule has 0 saturated heterocycles. The third kappa shape index (κ3) is 3.53. The first kappa shape index (κ1) is 13.6. The predicted molar refractivity (Wildman–Crippen MR) is 67.1 cm³/mol. The highest BCUT2D eigenvalue weighted by molar-refractivity contribution is 5.98. The van der Waals surface area contributed by atoms with Crippen LogP contribution in [0.1, 0.15) is 30.8 Å². The molecule has 4 nitrogen and oxygen atoms in total. The molecule has 1 aromatic rings. The number of hydrogen-bond acceptors (Lipinski definition) is 4. The van der Waals surface area contributed by atoms with Gasteiger partial charge in [-0.2, -0.15) is 0 Å². The molecule has 0 radical (unpaired) electrons. The molecule has 0 amide bonds. The second kappa shape index (κ2) is 6.35. The van der Waals surface area contributed by atoms with Gasteiger partial charge in [0.25, 0.3) is 0 Å². The fraction of sp³-hybridized carbons (Fsp3) is 0.538. The predicted octanol–water partition coefficient (Wildman–Crippen LogP) is 1.89. The minimum atomic E-state index is -0.182. The van der Waals surface area contributed by atoms with Crippen LogP contribution in [0.3, 0.4) is 0 Å². The standard InChI is InChI=1S/C13H20N2O2/c1-9(2)7-10(8-14)13(16)12-11(17-3)5-4-6-15-12/h4-6,9-10H,7-8,14H2,1-3H3. The highest BCUT2D eigenvalue weighted by Gasteiger charge is 2.23. The number of nitrogens with two attached hydrogens (primary N) is 1. The summed E-state index contributed by atoms with van der Waals surface area (Å²) < 4.78 is 5.14. The molecule has 4 heteroatoms. The average Bonchev–Trinajstić information content (AvgIpc) is 2.34. The molecule has 0 aliphatic carbocycles. The lowest BCUT2D eigenvalue weighted by atomic mass is 9.91. The summed E-state index contributed by atoms with van der Waals surface area (Å²) in [5.41, 5.74) is 6.04. The van der Waals surface area contributed by atoms with Crippen molar-refractivity contribution in [1.29, 1.82) is 0 Å². The molecule has 94 valence electrons. The van der Waals surface area contributed by atoms with Gasteiger partial charge in [-0.05, 0) is 24.5 Å². The summed E-state index contributed by atoms with van der Waals surface area (Å²) in [6.45, 7) is 4.49. The van der Waals surface area contributed by atoms with Crippen molar-refractivity contribution in [1.82, 2.24) is 4.98 Å². The van der Waals surface area contributed by atoms with Crippen LogP contribution in [0.15, 0.2) is 18.3 Å². The Morgan fingerprint density at radius 3 is 2.76 bits per heavy atom. The summed E-state index contributed by atoms with van der Waals surface area (Å²) >= 11 is 0. The summed E-state index contributed by atoms with van der Waals surface area (Å²) in [5.74, 6) is 0.736. The van der Waals surface area contributed by atoms with Gasteiger partial charge in [0.2, 0.25) is 0 Å². The van der Waals surface area contributed by atoms with E-state index in [9.17, 15) is 4.79 Å². The number of carbonyl (C=O) groups is 1. The molecule has 1 aromatic heterocycles. The molecule has 0 bridgehead atoms. The Labute approximate surface area is 102 Å². The van der Waals surface area contributed by atoms with Crippen LogP contribution in [-0.4, -0.2) is 24.4 Å². The molecule has 0 aromatic carbocycles. The van der Waals surface area contributed by atoms with Gasteiger partial charge >= 0.3 is 0 Å². The van der Waals surface area contributed by atoms with Crippen LogP contribution in [0.5, 0.6) is 5.75 Å². The first-order valence-corrected chi connectivity index (χ1v) is 5.83. The molecule has 0 saturated carbocycles. The van der Waals surface area contributed by atoms with Gasteiger partial charge in [0.1, 0.15) is 11.4 Å². The SMILES string of the molecule is COc1cccnc1C(=O)C(CN)CC(C)C. The third-order valence-electron chi connectivity index (χ3n) is 2.64. The first-order chi connectivity index (χ1) is 8.10. The van der Waals surface area contributed by atoms with Crippen molar-refractivity contribution in [2.45, 2.75) is 20.3 Å². The summed E-state index contributed by atoms with van der Waals surface area (Å²) in [5, 5.41) is 0. The molecule has 1 heterocycles. The Kier molecular flexibility index (Phi) is 5.10. The summed E-state index contributed by atoms with van der Waals surface area (Å²) in [7, 11) is 1.54. The van der Waals surface area contributed by atoms with Crippen molar-refractivity contribution >= 4 is 5.78 Å². The largest absolute Gasteiger partial charge is 0.494 e. The van der Waals surface area contributed by atoms with E-state index in [0.29, 0.717) is 23.9 Å². The van der Waals surface area contributed by atoms with Gasteiger partial charge in [0, 0.05) is 18.7 Å². The molecule has 17 heavy (non-hydrogen) atoms. The molecular weight excluding hydrogens is 216 g/mol. The Hall–Kier alpha value is -1.42. The van der Waals surface area contributed by atoms with Crippen LogP contribution in [0.4, 0.5) is 0 Å². The highest BCUT2D eigenvalue weighted by Crippen LogP contribution is 2.21. The molecule has 0 aliphatic heterocycles. The second-order valence-electron chi connectivity index (χ2n) is 4.48.